The Hall–Kier alpha value is -3.03. The van der Waals surface area contributed by atoms with Crippen molar-refractivity contribution in [1.82, 2.24) is 15.0 Å². The molecule has 0 bridgehead atoms. The zero-order valence-corrected chi connectivity index (χ0v) is 12.0. The van der Waals surface area contributed by atoms with Gasteiger partial charge in [0, 0.05) is 35.3 Å². The Balaban J connectivity index is 2.22. The number of aromatic nitrogens is 3. The Kier molecular flexibility index (Phi) is 3.88. The van der Waals surface area contributed by atoms with Crippen LogP contribution in [-0.4, -0.2) is 15.0 Å². The third-order valence-corrected chi connectivity index (χ3v) is 3.32. The molecular weight excluding hydrogens is 324 g/mol. The van der Waals surface area contributed by atoms with Gasteiger partial charge in [0.05, 0.1) is 17.5 Å². The Labute approximate surface area is 134 Å². The number of alkyl halides is 3. The van der Waals surface area contributed by atoms with Crippen LogP contribution in [0.4, 0.5) is 23.4 Å². The summed E-state index contributed by atoms with van der Waals surface area (Å²) in [7, 11) is 0. The third kappa shape index (κ3) is 3.03. The summed E-state index contributed by atoms with van der Waals surface area (Å²) in [5.41, 5.74) is 5.37. The van der Waals surface area contributed by atoms with Gasteiger partial charge in [0.1, 0.15) is 11.6 Å². The molecule has 0 aliphatic rings. The average molecular weight is 334 g/mol. The molecular formula is C16H10F4N4. The van der Waals surface area contributed by atoms with Crippen molar-refractivity contribution in [2.24, 2.45) is 0 Å². The molecule has 3 heterocycles. The first-order chi connectivity index (χ1) is 11.4. The van der Waals surface area contributed by atoms with Gasteiger partial charge in [-0.05, 0) is 24.3 Å². The van der Waals surface area contributed by atoms with Crippen LogP contribution in [0.15, 0.2) is 49.1 Å². The Morgan fingerprint density at radius 3 is 2.42 bits per heavy atom. The SMILES string of the molecule is Nc1ccc(-c2ccncc2F)c(-c2cncc(C(F)(F)F)c2)n1. The normalized spacial score (nSPS) is 11.5. The summed E-state index contributed by atoms with van der Waals surface area (Å²) in [6, 6.07) is 5.25. The second-order valence-corrected chi connectivity index (χ2v) is 4.95. The molecule has 3 aromatic rings. The van der Waals surface area contributed by atoms with Crippen molar-refractivity contribution in [2.75, 3.05) is 5.73 Å². The topological polar surface area (TPSA) is 64.7 Å². The molecule has 0 spiro atoms. The van der Waals surface area contributed by atoms with Crippen LogP contribution in [0.2, 0.25) is 0 Å². The number of hydrogen-bond donors (Lipinski definition) is 1. The van der Waals surface area contributed by atoms with E-state index in [0.717, 1.165) is 12.3 Å². The Morgan fingerprint density at radius 1 is 0.917 bits per heavy atom. The van der Waals surface area contributed by atoms with Crippen LogP contribution in [-0.2, 0) is 6.18 Å². The second kappa shape index (κ2) is 5.88. The average Bonchev–Trinajstić information content (AvgIpc) is 2.55. The minimum Gasteiger partial charge on any atom is -0.384 e. The van der Waals surface area contributed by atoms with E-state index in [4.69, 9.17) is 5.73 Å². The van der Waals surface area contributed by atoms with Gasteiger partial charge < -0.3 is 5.73 Å². The number of nitrogen functional groups attached to an aromatic ring is 1. The van der Waals surface area contributed by atoms with E-state index >= 15 is 0 Å². The van der Waals surface area contributed by atoms with Crippen LogP contribution >= 0.6 is 0 Å². The fraction of sp³-hybridized carbons (Fsp3) is 0.0625. The maximum Gasteiger partial charge on any atom is 0.417 e. The van der Waals surface area contributed by atoms with Gasteiger partial charge in [-0.15, -0.1) is 0 Å². The van der Waals surface area contributed by atoms with Crippen molar-refractivity contribution in [3.05, 3.63) is 60.4 Å². The number of nitrogens with two attached hydrogens (primary N) is 1. The maximum absolute atomic E-state index is 14.0. The first-order valence-electron chi connectivity index (χ1n) is 6.75. The minimum atomic E-state index is -4.55. The monoisotopic (exact) mass is 334 g/mol. The van der Waals surface area contributed by atoms with Gasteiger partial charge >= 0.3 is 6.18 Å². The van der Waals surface area contributed by atoms with E-state index in [2.05, 4.69) is 15.0 Å². The Morgan fingerprint density at radius 2 is 1.71 bits per heavy atom. The summed E-state index contributed by atoms with van der Waals surface area (Å²) in [6.07, 6.45) is -0.226. The van der Waals surface area contributed by atoms with Crippen LogP contribution in [0.3, 0.4) is 0 Å². The van der Waals surface area contributed by atoms with Gasteiger partial charge in [-0.3, -0.25) is 9.97 Å². The van der Waals surface area contributed by atoms with Crippen LogP contribution in [0, 0.1) is 5.82 Å². The summed E-state index contributed by atoms with van der Waals surface area (Å²) in [5, 5.41) is 0. The van der Waals surface area contributed by atoms with E-state index < -0.39 is 17.6 Å². The molecule has 0 radical (unpaired) electrons. The lowest BCUT2D eigenvalue weighted by molar-refractivity contribution is -0.137. The molecule has 0 fully saturated rings. The van der Waals surface area contributed by atoms with Gasteiger partial charge in [0.25, 0.3) is 0 Å². The molecule has 0 aliphatic heterocycles. The van der Waals surface area contributed by atoms with Crippen LogP contribution in [0.1, 0.15) is 5.56 Å². The summed E-state index contributed by atoms with van der Waals surface area (Å²) in [5.74, 6) is -0.522. The molecule has 0 atom stereocenters. The molecule has 8 heteroatoms. The highest BCUT2D eigenvalue weighted by Gasteiger charge is 2.31. The lowest BCUT2D eigenvalue weighted by atomic mass is 10.00. The first kappa shape index (κ1) is 15.9. The lowest BCUT2D eigenvalue weighted by Gasteiger charge is -2.12. The highest BCUT2D eigenvalue weighted by Crippen LogP contribution is 2.35. The lowest BCUT2D eigenvalue weighted by Crippen LogP contribution is -2.06. The smallest absolute Gasteiger partial charge is 0.384 e. The van der Waals surface area contributed by atoms with E-state index in [-0.39, 0.29) is 22.6 Å². The van der Waals surface area contributed by atoms with Gasteiger partial charge in [-0.25, -0.2) is 9.37 Å². The van der Waals surface area contributed by atoms with Gasteiger partial charge in [0.15, 0.2) is 0 Å². The molecule has 0 amide bonds. The van der Waals surface area contributed by atoms with E-state index in [1.54, 1.807) is 0 Å². The molecule has 0 aromatic carbocycles. The zero-order valence-electron chi connectivity index (χ0n) is 12.0. The van der Waals surface area contributed by atoms with Crippen molar-refractivity contribution < 1.29 is 17.6 Å². The fourth-order valence-electron chi connectivity index (χ4n) is 2.23. The van der Waals surface area contributed by atoms with Crippen molar-refractivity contribution >= 4 is 5.82 Å². The summed E-state index contributed by atoms with van der Waals surface area (Å²) < 4.78 is 52.7. The van der Waals surface area contributed by atoms with E-state index in [1.165, 1.54) is 30.6 Å². The molecule has 24 heavy (non-hydrogen) atoms. The predicted molar refractivity (Wildman–Crippen MR) is 80.1 cm³/mol. The first-order valence-corrected chi connectivity index (χ1v) is 6.75. The van der Waals surface area contributed by atoms with E-state index in [1.807, 2.05) is 0 Å². The highest BCUT2D eigenvalue weighted by atomic mass is 19.4. The molecule has 0 unspecified atom stereocenters. The number of pyridine rings is 3. The molecule has 122 valence electrons. The van der Waals surface area contributed by atoms with Crippen molar-refractivity contribution in [2.45, 2.75) is 6.18 Å². The molecule has 3 aromatic heterocycles. The molecule has 0 aliphatic carbocycles. The summed E-state index contributed by atoms with van der Waals surface area (Å²) >= 11 is 0. The largest absolute Gasteiger partial charge is 0.417 e. The third-order valence-electron chi connectivity index (χ3n) is 3.32. The molecule has 4 nitrogen and oxygen atoms in total. The Bertz CT molecular complexity index is 893. The van der Waals surface area contributed by atoms with Crippen molar-refractivity contribution in [3.63, 3.8) is 0 Å². The highest BCUT2D eigenvalue weighted by molar-refractivity contribution is 5.81. The minimum absolute atomic E-state index is 0.0864. The quantitative estimate of drug-likeness (QED) is 0.721. The number of nitrogens with zero attached hydrogens (tertiary/aromatic N) is 3. The molecule has 2 N–H and O–H groups in total. The van der Waals surface area contributed by atoms with Crippen LogP contribution < -0.4 is 5.73 Å². The molecule has 3 rings (SSSR count). The van der Waals surface area contributed by atoms with Crippen molar-refractivity contribution in [1.29, 1.82) is 0 Å². The second-order valence-electron chi connectivity index (χ2n) is 4.95. The summed E-state index contributed by atoms with van der Waals surface area (Å²) in [6.45, 7) is 0. The summed E-state index contributed by atoms with van der Waals surface area (Å²) in [4.78, 5) is 11.3. The van der Waals surface area contributed by atoms with Gasteiger partial charge in [-0.1, -0.05) is 0 Å². The number of anilines is 1. The van der Waals surface area contributed by atoms with Gasteiger partial charge in [-0.2, -0.15) is 13.2 Å². The molecule has 0 saturated carbocycles. The number of hydrogen-bond acceptors (Lipinski definition) is 4. The van der Waals surface area contributed by atoms with Gasteiger partial charge in [0.2, 0.25) is 0 Å². The van der Waals surface area contributed by atoms with Crippen LogP contribution in [0.5, 0.6) is 0 Å². The number of rotatable bonds is 2. The van der Waals surface area contributed by atoms with E-state index in [0.29, 0.717) is 11.8 Å². The molecule has 0 saturated heterocycles. The number of halogens is 4. The maximum atomic E-state index is 14.0. The standard InChI is InChI=1S/C16H10F4N4/c17-13-8-22-4-3-11(13)12-1-2-14(21)24-15(12)9-5-10(7-23-6-9)16(18,19)20/h1-8H,(H2,21,24). The van der Waals surface area contributed by atoms with E-state index in [9.17, 15) is 17.6 Å². The fourth-order valence-corrected chi connectivity index (χ4v) is 2.23. The zero-order chi connectivity index (χ0) is 17.3. The van der Waals surface area contributed by atoms with Crippen molar-refractivity contribution in [3.8, 4) is 22.4 Å². The predicted octanol–water partition coefficient (Wildman–Crippen LogP) is 3.95. The van der Waals surface area contributed by atoms with Crippen LogP contribution in [0.25, 0.3) is 22.4 Å².